The standard InChI is InChI=1S/C20H28N2O2/c1-5-15-6-8-17-18(9-7-15)22(13(2)3)19(14(4)20(17)24)12-21-10-16(23)11-21/h6,8-9,13,16,23H,5,7,10-12H2,1-4H3. The molecule has 0 saturated carbocycles. The number of rotatable bonds is 4. The summed E-state index contributed by atoms with van der Waals surface area (Å²) in [5.41, 5.74) is 3.42. The summed E-state index contributed by atoms with van der Waals surface area (Å²) in [6, 6.07) is 0.284. The van der Waals surface area contributed by atoms with Gasteiger partial charge in [-0.05, 0) is 39.7 Å². The summed E-state index contributed by atoms with van der Waals surface area (Å²) in [6.07, 6.45) is 8.01. The maximum atomic E-state index is 12.9. The first-order valence-electron chi connectivity index (χ1n) is 8.96. The number of aromatic nitrogens is 1. The second kappa shape index (κ2) is 6.69. The number of β-amino-alcohol motifs (C(OH)–C–C–N with tert-alkyl or cyclic N) is 1. The third-order valence-electron chi connectivity index (χ3n) is 5.17. The first-order valence-corrected chi connectivity index (χ1v) is 8.96. The Kier molecular flexibility index (Phi) is 4.79. The summed E-state index contributed by atoms with van der Waals surface area (Å²) in [7, 11) is 0. The highest BCUT2D eigenvalue weighted by Gasteiger charge is 2.26. The van der Waals surface area contributed by atoms with Crippen LogP contribution in [0.25, 0.3) is 12.2 Å². The third kappa shape index (κ3) is 3.01. The molecule has 130 valence electrons. The first-order chi connectivity index (χ1) is 11.4. The van der Waals surface area contributed by atoms with Crippen LogP contribution in [-0.2, 0) is 6.54 Å². The van der Waals surface area contributed by atoms with E-state index in [-0.39, 0.29) is 17.6 Å². The van der Waals surface area contributed by atoms with Crippen molar-refractivity contribution in [2.24, 2.45) is 0 Å². The lowest BCUT2D eigenvalue weighted by atomic mass is 10.1. The van der Waals surface area contributed by atoms with E-state index in [1.807, 2.05) is 13.0 Å². The minimum Gasteiger partial charge on any atom is -0.390 e. The van der Waals surface area contributed by atoms with Crippen LogP contribution in [0.4, 0.5) is 0 Å². The first kappa shape index (κ1) is 17.2. The Balaban J connectivity index is 2.20. The molecule has 0 unspecified atom stereocenters. The Bertz CT molecular complexity index is 840. The average Bonchev–Trinajstić information content (AvgIpc) is 2.73. The van der Waals surface area contributed by atoms with Crippen molar-refractivity contribution in [1.82, 2.24) is 9.47 Å². The molecule has 4 heteroatoms. The molecule has 0 spiro atoms. The summed E-state index contributed by atoms with van der Waals surface area (Å²) in [5.74, 6) is 0. The summed E-state index contributed by atoms with van der Waals surface area (Å²) >= 11 is 0. The van der Waals surface area contributed by atoms with Crippen molar-refractivity contribution in [3.05, 3.63) is 43.7 Å². The Morgan fingerprint density at radius 3 is 2.58 bits per heavy atom. The zero-order valence-electron chi connectivity index (χ0n) is 15.2. The summed E-state index contributed by atoms with van der Waals surface area (Å²) < 4.78 is 2.32. The number of fused-ring (bicyclic) bond motifs is 1. The molecule has 1 aromatic rings. The normalized spacial score (nSPS) is 18.3. The van der Waals surface area contributed by atoms with E-state index in [0.717, 1.165) is 41.2 Å². The van der Waals surface area contributed by atoms with Crippen molar-refractivity contribution in [3.8, 4) is 0 Å². The summed E-state index contributed by atoms with van der Waals surface area (Å²) in [6.45, 7) is 10.6. The van der Waals surface area contributed by atoms with Crippen LogP contribution in [0, 0.1) is 6.92 Å². The Morgan fingerprint density at radius 1 is 1.29 bits per heavy atom. The molecule has 2 heterocycles. The molecule has 0 radical (unpaired) electrons. The molecule has 1 fully saturated rings. The maximum absolute atomic E-state index is 12.9. The largest absolute Gasteiger partial charge is 0.390 e. The fourth-order valence-electron chi connectivity index (χ4n) is 3.70. The van der Waals surface area contributed by atoms with Gasteiger partial charge in [-0.3, -0.25) is 9.69 Å². The lowest BCUT2D eigenvalue weighted by Gasteiger charge is -2.37. The van der Waals surface area contributed by atoms with Gasteiger partial charge in [-0.25, -0.2) is 0 Å². The number of likely N-dealkylation sites (tertiary alicyclic amines) is 1. The van der Waals surface area contributed by atoms with Gasteiger partial charge < -0.3 is 9.67 Å². The van der Waals surface area contributed by atoms with Crippen molar-refractivity contribution < 1.29 is 5.11 Å². The highest BCUT2D eigenvalue weighted by atomic mass is 16.3. The fraction of sp³-hybridized carbons (Fsp3) is 0.550. The quantitative estimate of drug-likeness (QED) is 0.904. The van der Waals surface area contributed by atoms with Gasteiger partial charge in [0.1, 0.15) is 0 Å². The van der Waals surface area contributed by atoms with Crippen LogP contribution in [0.15, 0.2) is 16.4 Å². The van der Waals surface area contributed by atoms with Crippen molar-refractivity contribution in [3.63, 3.8) is 0 Å². The minimum absolute atomic E-state index is 0.142. The number of aliphatic hydroxyl groups is 1. The highest BCUT2D eigenvalue weighted by molar-refractivity contribution is 5.47. The van der Waals surface area contributed by atoms with E-state index < -0.39 is 0 Å². The van der Waals surface area contributed by atoms with E-state index >= 15 is 0 Å². The Labute approximate surface area is 143 Å². The number of nitrogens with zero attached hydrogens (tertiary/aromatic N) is 2. The number of hydrogen-bond acceptors (Lipinski definition) is 3. The van der Waals surface area contributed by atoms with Gasteiger partial charge in [0.15, 0.2) is 5.43 Å². The molecule has 1 aliphatic heterocycles. The molecular weight excluding hydrogens is 300 g/mol. The van der Waals surface area contributed by atoms with Crippen LogP contribution >= 0.6 is 0 Å². The van der Waals surface area contributed by atoms with Gasteiger partial charge in [0.25, 0.3) is 0 Å². The Hall–Kier alpha value is -1.65. The van der Waals surface area contributed by atoms with E-state index in [0.29, 0.717) is 13.1 Å². The zero-order chi connectivity index (χ0) is 17.4. The highest BCUT2D eigenvalue weighted by Crippen LogP contribution is 2.16. The van der Waals surface area contributed by atoms with Crippen LogP contribution < -0.4 is 16.0 Å². The predicted octanol–water partition coefficient (Wildman–Crippen LogP) is 1.22. The number of pyridine rings is 1. The summed E-state index contributed by atoms with van der Waals surface area (Å²) in [4.78, 5) is 15.1. The second-order valence-electron chi connectivity index (χ2n) is 7.26. The van der Waals surface area contributed by atoms with Gasteiger partial charge >= 0.3 is 0 Å². The van der Waals surface area contributed by atoms with Crippen molar-refractivity contribution in [1.29, 1.82) is 0 Å². The van der Waals surface area contributed by atoms with Gasteiger partial charge in [0.2, 0.25) is 0 Å². The van der Waals surface area contributed by atoms with Crippen molar-refractivity contribution >= 4 is 12.2 Å². The lowest BCUT2D eigenvalue weighted by Crippen LogP contribution is -2.53. The molecular formula is C20H28N2O2. The van der Waals surface area contributed by atoms with E-state index in [2.05, 4.69) is 42.4 Å². The topological polar surface area (TPSA) is 45.5 Å². The molecule has 2 aliphatic rings. The monoisotopic (exact) mass is 328 g/mol. The van der Waals surface area contributed by atoms with Crippen molar-refractivity contribution in [2.45, 2.75) is 59.2 Å². The maximum Gasteiger partial charge on any atom is 0.192 e. The van der Waals surface area contributed by atoms with Gasteiger partial charge in [-0.15, -0.1) is 0 Å². The second-order valence-corrected chi connectivity index (χ2v) is 7.26. The van der Waals surface area contributed by atoms with E-state index in [9.17, 15) is 9.90 Å². The minimum atomic E-state index is -0.221. The van der Waals surface area contributed by atoms with Gasteiger partial charge in [-0.2, -0.15) is 0 Å². The number of aliphatic hydroxyl groups excluding tert-OH is 1. The van der Waals surface area contributed by atoms with Crippen LogP contribution in [0.5, 0.6) is 0 Å². The predicted molar refractivity (Wildman–Crippen MR) is 98.3 cm³/mol. The van der Waals surface area contributed by atoms with E-state index in [1.165, 1.54) is 5.57 Å². The van der Waals surface area contributed by atoms with Crippen LogP contribution in [0.2, 0.25) is 0 Å². The van der Waals surface area contributed by atoms with E-state index in [4.69, 9.17) is 0 Å². The Morgan fingerprint density at radius 2 is 2.00 bits per heavy atom. The lowest BCUT2D eigenvalue weighted by molar-refractivity contribution is -0.00455. The fourth-order valence-corrected chi connectivity index (χ4v) is 3.70. The molecule has 24 heavy (non-hydrogen) atoms. The molecule has 0 atom stereocenters. The average molecular weight is 328 g/mol. The molecule has 0 amide bonds. The number of hydrogen-bond donors (Lipinski definition) is 1. The zero-order valence-corrected chi connectivity index (χ0v) is 15.2. The smallest absolute Gasteiger partial charge is 0.192 e. The molecule has 1 N–H and O–H groups in total. The molecule has 3 rings (SSSR count). The van der Waals surface area contributed by atoms with Crippen LogP contribution in [-0.4, -0.2) is 33.8 Å². The molecule has 4 nitrogen and oxygen atoms in total. The van der Waals surface area contributed by atoms with E-state index in [1.54, 1.807) is 0 Å². The third-order valence-corrected chi connectivity index (χ3v) is 5.17. The van der Waals surface area contributed by atoms with Crippen LogP contribution in [0.3, 0.4) is 0 Å². The molecule has 1 aromatic heterocycles. The van der Waals surface area contributed by atoms with Gasteiger partial charge in [-0.1, -0.05) is 24.6 Å². The van der Waals surface area contributed by atoms with Crippen LogP contribution in [0.1, 0.15) is 50.9 Å². The van der Waals surface area contributed by atoms with Gasteiger partial charge in [0.05, 0.1) is 6.10 Å². The molecule has 1 saturated heterocycles. The number of allylic oxidation sites excluding steroid dienone is 2. The molecule has 0 bridgehead atoms. The summed E-state index contributed by atoms with van der Waals surface area (Å²) in [5, 5.41) is 11.4. The van der Waals surface area contributed by atoms with Crippen molar-refractivity contribution in [2.75, 3.05) is 13.1 Å². The molecule has 0 aromatic carbocycles. The SMILES string of the molecule is CCC1=CC=c2c(=O)c(C)c(CN3CC(O)C3)n(C(C)C)c2=CC1. The van der Waals surface area contributed by atoms with Gasteiger partial charge in [0, 0.05) is 47.5 Å². The molecule has 1 aliphatic carbocycles.